The Labute approximate surface area is 120 Å². The molecule has 8 heteroatoms. The summed E-state index contributed by atoms with van der Waals surface area (Å²) in [7, 11) is -2.72. The summed E-state index contributed by atoms with van der Waals surface area (Å²) in [6.07, 6.45) is 1.41. The molecular weight excluding hydrogens is 336 g/mol. The van der Waals surface area contributed by atoms with Gasteiger partial charge in [-0.1, -0.05) is 20.8 Å². The van der Waals surface area contributed by atoms with Gasteiger partial charge in [0, 0.05) is 16.1 Å². The summed E-state index contributed by atoms with van der Waals surface area (Å²) >= 11 is 3.13. The first-order valence-electron chi connectivity index (χ1n) is 5.34. The van der Waals surface area contributed by atoms with Gasteiger partial charge < -0.3 is 4.74 Å². The third-order valence-electron chi connectivity index (χ3n) is 2.18. The fourth-order valence-corrected chi connectivity index (χ4v) is 2.88. The quantitative estimate of drug-likeness (QED) is 0.896. The number of amides is 1. The SMILES string of the molecule is COc1ncc(Br)cc1S(=O)(=O)NC(=O)C(C)(C)C. The van der Waals surface area contributed by atoms with E-state index in [1.54, 1.807) is 20.8 Å². The normalized spacial score (nSPS) is 12.1. The zero-order valence-corrected chi connectivity index (χ0v) is 13.4. The Morgan fingerprint density at radius 1 is 1.42 bits per heavy atom. The van der Waals surface area contributed by atoms with Gasteiger partial charge in [-0.25, -0.2) is 18.1 Å². The number of aromatic nitrogens is 1. The summed E-state index contributed by atoms with van der Waals surface area (Å²) in [6, 6.07) is 1.32. The number of carbonyl (C=O) groups excluding carboxylic acids is 1. The molecule has 0 aromatic carbocycles. The van der Waals surface area contributed by atoms with E-state index in [9.17, 15) is 13.2 Å². The second-order valence-electron chi connectivity index (χ2n) is 4.85. The number of rotatable bonds is 3. The van der Waals surface area contributed by atoms with Crippen molar-refractivity contribution in [3.63, 3.8) is 0 Å². The van der Waals surface area contributed by atoms with E-state index in [4.69, 9.17) is 4.74 Å². The topological polar surface area (TPSA) is 85.4 Å². The van der Waals surface area contributed by atoms with E-state index in [2.05, 4.69) is 20.9 Å². The van der Waals surface area contributed by atoms with Crippen LogP contribution in [0, 0.1) is 5.41 Å². The van der Waals surface area contributed by atoms with E-state index in [0.717, 1.165) is 0 Å². The van der Waals surface area contributed by atoms with E-state index in [-0.39, 0.29) is 10.8 Å². The molecule has 1 aromatic heterocycles. The third-order valence-corrected chi connectivity index (χ3v) is 3.94. The zero-order chi connectivity index (χ0) is 14.8. The monoisotopic (exact) mass is 350 g/mol. The molecule has 0 saturated carbocycles. The molecule has 0 spiro atoms. The molecule has 106 valence electrons. The molecule has 1 rings (SSSR count). The number of hydrogen-bond acceptors (Lipinski definition) is 5. The number of sulfonamides is 1. The largest absolute Gasteiger partial charge is 0.480 e. The maximum absolute atomic E-state index is 12.1. The number of methoxy groups -OCH3 is 1. The van der Waals surface area contributed by atoms with Crippen molar-refractivity contribution in [3.8, 4) is 5.88 Å². The number of carbonyl (C=O) groups is 1. The fourth-order valence-electron chi connectivity index (χ4n) is 1.08. The summed E-state index contributed by atoms with van der Waals surface area (Å²) in [5.41, 5.74) is -0.820. The molecule has 0 aliphatic carbocycles. The lowest BCUT2D eigenvalue weighted by atomic mass is 9.96. The van der Waals surface area contributed by atoms with Gasteiger partial charge >= 0.3 is 0 Å². The highest BCUT2D eigenvalue weighted by Gasteiger charge is 2.29. The minimum atomic E-state index is -4.02. The van der Waals surface area contributed by atoms with Crippen LogP contribution < -0.4 is 9.46 Å². The third kappa shape index (κ3) is 3.90. The van der Waals surface area contributed by atoms with Crippen molar-refractivity contribution in [2.45, 2.75) is 25.7 Å². The number of nitrogens with zero attached hydrogens (tertiary/aromatic N) is 1. The van der Waals surface area contributed by atoms with E-state index in [1.807, 2.05) is 4.72 Å². The van der Waals surface area contributed by atoms with E-state index >= 15 is 0 Å². The van der Waals surface area contributed by atoms with Crippen molar-refractivity contribution in [3.05, 3.63) is 16.7 Å². The van der Waals surface area contributed by atoms with E-state index in [0.29, 0.717) is 4.47 Å². The van der Waals surface area contributed by atoms with Crippen LogP contribution in [0.1, 0.15) is 20.8 Å². The number of nitrogens with one attached hydrogen (secondary N) is 1. The molecule has 0 fully saturated rings. The van der Waals surface area contributed by atoms with Crippen LogP contribution in [0.4, 0.5) is 0 Å². The molecule has 19 heavy (non-hydrogen) atoms. The molecule has 1 heterocycles. The molecule has 0 radical (unpaired) electrons. The molecule has 0 unspecified atom stereocenters. The van der Waals surface area contributed by atoms with Crippen molar-refractivity contribution in [2.75, 3.05) is 7.11 Å². The van der Waals surface area contributed by atoms with Gasteiger partial charge in [0.2, 0.25) is 11.8 Å². The molecule has 1 N–H and O–H groups in total. The van der Waals surface area contributed by atoms with Crippen LogP contribution in [0.5, 0.6) is 5.88 Å². The van der Waals surface area contributed by atoms with Gasteiger partial charge in [0.1, 0.15) is 0 Å². The summed E-state index contributed by atoms with van der Waals surface area (Å²) in [5.74, 6) is -0.674. The first-order chi connectivity index (χ1) is 8.58. The Morgan fingerprint density at radius 2 is 2.00 bits per heavy atom. The zero-order valence-electron chi connectivity index (χ0n) is 11.0. The Balaban J connectivity index is 3.21. The highest BCUT2D eigenvalue weighted by Crippen LogP contribution is 2.25. The lowest BCUT2D eigenvalue weighted by molar-refractivity contribution is -0.126. The van der Waals surface area contributed by atoms with Crippen molar-refractivity contribution >= 4 is 31.9 Å². The molecule has 1 amide bonds. The second kappa shape index (κ2) is 5.46. The summed E-state index contributed by atoms with van der Waals surface area (Å²) in [4.78, 5) is 15.4. The highest BCUT2D eigenvalue weighted by molar-refractivity contribution is 9.10. The van der Waals surface area contributed by atoms with Crippen LogP contribution >= 0.6 is 15.9 Å². The standard InChI is InChI=1S/C11H15BrN2O4S/c1-11(2,3)10(15)14-19(16,17)8-5-7(12)6-13-9(8)18-4/h5-6H,1-4H3,(H,14,15). The van der Waals surface area contributed by atoms with Gasteiger partial charge in [-0.2, -0.15) is 0 Å². The number of ether oxygens (including phenoxy) is 1. The van der Waals surface area contributed by atoms with Crippen LogP contribution in [0.25, 0.3) is 0 Å². The summed E-state index contributed by atoms with van der Waals surface area (Å²) in [6.45, 7) is 4.86. The maximum atomic E-state index is 12.1. The first-order valence-corrected chi connectivity index (χ1v) is 7.62. The van der Waals surface area contributed by atoms with Gasteiger partial charge in [-0.05, 0) is 22.0 Å². The minimum Gasteiger partial charge on any atom is -0.480 e. The van der Waals surface area contributed by atoms with Crippen molar-refractivity contribution in [2.24, 2.45) is 5.41 Å². The first kappa shape index (κ1) is 15.9. The predicted molar refractivity (Wildman–Crippen MR) is 73.3 cm³/mol. The molecule has 6 nitrogen and oxygen atoms in total. The maximum Gasteiger partial charge on any atom is 0.269 e. The average molecular weight is 351 g/mol. The molecule has 0 saturated heterocycles. The Kier molecular flexibility index (Phi) is 4.57. The van der Waals surface area contributed by atoms with Gasteiger partial charge in [0.25, 0.3) is 10.0 Å². The molecule has 0 bridgehead atoms. The highest BCUT2D eigenvalue weighted by atomic mass is 79.9. The number of halogens is 1. The predicted octanol–water partition coefficient (Wildman–Crippen LogP) is 1.70. The number of pyridine rings is 1. The Hall–Kier alpha value is -1.15. The van der Waals surface area contributed by atoms with Gasteiger partial charge in [0.05, 0.1) is 7.11 Å². The number of hydrogen-bond donors (Lipinski definition) is 1. The molecule has 0 aliphatic rings. The minimum absolute atomic E-state index is 0.0718. The molecule has 0 aliphatic heterocycles. The molecular formula is C11H15BrN2O4S. The fraction of sp³-hybridized carbons (Fsp3) is 0.455. The van der Waals surface area contributed by atoms with Crippen LogP contribution in [0.15, 0.2) is 21.6 Å². The smallest absolute Gasteiger partial charge is 0.269 e. The molecule has 0 atom stereocenters. The van der Waals surface area contributed by atoms with Gasteiger partial charge in [-0.3, -0.25) is 4.79 Å². The van der Waals surface area contributed by atoms with Crippen LogP contribution in [0.3, 0.4) is 0 Å². The van der Waals surface area contributed by atoms with Crippen molar-refractivity contribution in [1.82, 2.24) is 9.71 Å². The van der Waals surface area contributed by atoms with E-state index in [1.165, 1.54) is 19.4 Å². The lowest BCUT2D eigenvalue weighted by Crippen LogP contribution is -2.39. The molecule has 1 aromatic rings. The van der Waals surface area contributed by atoms with Gasteiger partial charge in [-0.15, -0.1) is 0 Å². The lowest BCUT2D eigenvalue weighted by Gasteiger charge is -2.18. The Morgan fingerprint density at radius 3 is 2.47 bits per heavy atom. The van der Waals surface area contributed by atoms with E-state index < -0.39 is 21.3 Å². The van der Waals surface area contributed by atoms with Crippen LogP contribution in [-0.4, -0.2) is 26.4 Å². The average Bonchev–Trinajstić information content (AvgIpc) is 2.27. The summed E-state index contributed by atoms with van der Waals surface area (Å²) < 4.78 is 31.7. The summed E-state index contributed by atoms with van der Waals surface area (Å²) in [5, 5.41) is 0. The van der Waals surface area contributed by atoms with Crippen molar-refractivity contribution < 1.29 is 17.9 Å². The second-order valence-corrected chi connectivity index (χ2v) is 7.41. The van der Waals surface area contributed by atoms with Gasteiger partial charge in [0.15, 0.2) is 4.90 Å². The van der Waals surface area contributed by atoms with Crippen molar-refractivity contribution in [1.29, 1.82) is 0 Å². The van der Waals surface area contributed by atoms with Crippen LogP contribution in [-0.2, 0) is 14.8 Å². The van der Waals surface area contributed by atoms with Crippen LogP contribution in [0.2, 0.25) is 0 Å². The Bertz CT molecular complexity index is 593.